The molecule has 5 nitrogen and oxygen atoms in total. The molecule has 1 aliphatic heterocycles. The Morgan fingerprint density at radius 3 is 2.48 bits per heavy atom. The standard InChI is InChI=1S/C21H22FN3O2S2/c1-15-5-3-8-19(16(15)2)20-14-28-21(23-20)24-9-11-25(12-10-24)29(26,27)18-7-4-6-17(22)13-18/h3-8,13-14H,9-12H2,1-2H3. The van der Waals surface area contributed by atoms with Crippen molar-refractivity contribution >= 4 is 26.5 Å². The minimum absolute atomic E-state index is 0.00240. The number of halogens is 1. The molecule has 0 aliphatic carbocycles. The summed E-state index contributed by atoms with van der Waals surface area (Å²) in [4.78, 5) is 6.90. The van der Waals surface area contributed by atoms with Gasteiger partial charge >= 0.3 is 0 Å². The third-order valence-electron chi connectivity index (χ3n) is 5.32. The molecule has 2 heterocycles. The summed E-state index contributed by atoms with van der Waals surface area (Å²) in [7, 11) is -3.69. The first kappa shape index (κ1) is 20.0. The molecular weight excluding hydrogens is 409 g/mol. The summed E-state index contributed by atoms with van der Waals surface area (Å²) in [5.74, 6) is -0.550. The van der Waals surface area contributed by atoms with Gasteiger partial charge in [0.2, 0.25) is 10.0 Å². The molecule has 4 rings (SSSR count). The van der Waals surface area contributed by atoms with Gasteiger partial charge in [-0.2, -0.15) is 4.31 Å². The number of benzene rings is 2. The van der Waals surface area contributed by atoms with Crippen molar-refractivity contribution in [2.45, 2.75) is 18.7 Å². The van der Waals surface area contributed by atoms with Gasteiger partial charge in [0.05, 0.1) is 10.6 Å². The number of aromatic nitrogens is 1. The highest BCUT2D eigenvalue weighted by Gasteiger charge is 2.29. The lowest BCUT2D eigenvalue weighted by molar-refractivity contribution is 0.384. The van der Waals surface area contributed by atoms with Crippen LogP contribution in [0.25, 0.3) is 11.3 Å². The molecule has 29 heavy (non-hydrogen) atoms. The van der Waals surface area contributed by atoms with Gasteiger partial charge in [-0.25, -0.2) is 17.8 Å². The van der Waals surface area contributed by atoms with Gasteiger partial charge in [0.15, 0.2) is 5.13 Å². The highest BCUT2D eigenvalue weighted by Crippen LogP contribution is 2.31. The minimum Gasteiger partial charge on any atom is -0.345 e. The Labute approximate surface area is 174 Å². The average molecular weight is 432 g/mol. The zero-order chi connectivity index (χ0) is 20.6. The molecule has 1 aliphatic rings. The molecule has 0 unspecified atom stereocenters. The third-order valence-corrected chi connectivity index (χ3v) is 8.11. The molecule has 0 spiro atoms. The van der Waals surface area contributed by atoms with Crippen LogP contribution in [0.15, 0.2) is 52.7 Å². The van der Waals surface area contributed by atoms with Crippen molar-refractivity contribution in [3.8, 4) is 11.3 Å². The quantitative estimate of drug-likeness (QED) is 0.625. The normalized spacial score (nSPS) is 15.6. The van der Waals surface area contributed by atoms with Crippen molar-refractivity contribution in [1.29, 1.82) is 0 Å². The number of aryl methyl sites for hydroxylation is 1. The molecule has 1 fully saturated rings. The number of piperazine rings is 1. The Bertz CT molecular complexity index is 1140. The van der Waals surface area contributed by atoms with Crippen LogP contribution in [0.4, 0.5) is 9.52 Å². The molecule has 3 aromatic rings. The van der Waals surface area contributed by atoms with E-state index in [1.165, 1.54) is 33.6 Å². The smallest absolute Gasteiger partial charge is 0.243 e. The van der Waals surface area contributed by atoms with Crippen LogP contribution in [0.2, 0.25) is 0 Å². The molecule has 0 bridgehead atoms. The van der Waals surface area contributed by atoms with Crippen molar-refractivity contribution < 1.29 is 12.8 Å². The lowest BCUT2D eigenvalue weighted by Crippen LogP contribution is -2.48. The van der Waals surface area contributed by atoms with Gasteiger partial charge in [0, 0.05) is 37.1 Å². The summed E-state index contributed by atoms with van der Waals surface area (Å²) >= 11 is 1.57. The maximum absolute atomic E-state index is 13.4. The maximum Gasteiger partial charge on any atom is 0.243 e. The van der Waals surface area contributed by atoms with E-state index < -0.39 is 15.8 Å². The highest BCUT2D eigenvalue weighted by molar-refractivity contribution is 7.89. The van der Waals surface area contributed by atoms with Gasteiger partial charge < -0.3 is 4.90 Å². The molecular formula is C21H22FN3O2S2. The zero-order valence-electron chi connectivity index (χ0n) is 16.3. The van der Waals surface area contributed by atoms with E-state index in [1.807, 2.05) is 11.4 Å². The van der Waals surface area contributed by atoms with E-state index in [0.717, 1.165) is 22.5 Å². The summed E-state index contributed by atoms with van der Waals surface area (Å²) in [6.07, 6.45) is 0. The van der Waals surface area contributed by atoms with Gasteiger partial charge in [-0.1, -0.05) is 24.3 Å². The van der Waals surface area contributed by atoms with Crippen LogP contribution in [0.1, 0.15) is 11.1 Å². The fraction of sp³-hybridized carbons (Fsp3) is 0.286. The van der Waals surface area contributed by atoms with Crippen molar-refractivity contribution in [2.24, 2.45) is 0 Å². The van der Waals surface area contributed by atoms with Crippen LogP contribution < -0.4 is 4.90 Å². The van der Waals surface area contributed by atoms with Crippen LogP contribution >= 0.6 is 11.3 Å². The second kappa shape index (κ2) is 7.85. The Balaban J connectivity index is 1.48. The molecule has 8 heteroatoms. The number of thiazole rings is 1. The van der Waals surface area contributed by atoms with E-state index in [0.29, 0.717) is 26.2 Å². The summed E-state index contributed by atoms with van der Waals surface area (Å²) in [6, 6.07) is 11.4. The predicted molar refractivity (Wildman–Crippen MR) is 114 cm³/mol. The lowest BCUT2D eigenvalue weighted by Gasteiger charge is -2.33. The second-order valence-corrected chi connectivity index (χ2v) is 9.89. The zero-order valence-corrected chi connectivity index (χ0v) is 17.9. The van der Waals surface area contributed by atoms with Gasteiger partial charge in [-0.15, -0.1) is 11.3 Å². The first-order valence-corrected chi connectivity index (χ1v) is 11.7. The largest absolute Gasteiger partial charge is 0.345 e. The van der Waals surface area contributed by atoms with Crippen molar-refractivity contribution in [3.63, 3.8) is 0 Å². The van der Waals surface area contributed by atoms with Crippen LogP contribution in [-0.2, 0) is 10.0 Å². The number of hydrogen-bond donors (Lipinski definition) is 0. The van der Waals surface area contributed by atoms with Gasteiger partial charge in [0.1, 0.15) is 5.82 Å². The molecule has 0 saturated carbocycles. The van der Waals surface area contributed by atoms with Crippen molar-refractivity contribution in [1.82, 2.24) is 9.29 Å². The summed E-state index contributed by atoms with van der Waals surface area (Å²) in [5.41, 5.74) is 4.52. The number of sulfonamides is 1. The SMILES string of the molecule is Cc1cccc(-c2csc(N3CCN(S(=O)(=O)c4cccc(F)c4)CC3)n2)c1C. The number of anilines is 1. The summed E-state index contributed by atoms with van der Waals surface area (Å²) < 4.78 is 40.4. The van der Waals surface area contributed by atoms with E-state index in [9.17, 15) is 12.8 Å². The maximum atomic E-state index is 13.4. The molecule has 0 radical (unpaired) electrons. The first-order chi connectivity index (χ1) is 13.9. The molecule has 0 amide bonds. The van der Waals surface area contributed by atoms with Crippen molar-refractivity contribution in [3.05, 3.63) is 64.8 Å². The second-order valence-electron chi connectivity index (χ2n) is 7.11. The monoisotopic (exact) mass is 431 g/mol. The van der Waals surface area contributed by atoms with E-state index in [4.69, 9.17) is 4.98 Å². The van der Waals surface area contributed by atoms with Gasteiger partial charge in [-0.05, 0) is 43.2 Å². The minimum atomic E-state index is -3.69. The fourth-order valence-corrected chi connectivity index (χ4v) is 5.79. The first-order valence-electron chi connectivity index (χ1n) is 9.39. The van der Waals surface area contributed by atoms with E-state index >= 15 is 0 Å². The number of nitrogens with zero attached hydrogens (tertiary/aromatic N) is 3. The molecule has 1 aromatic heterocycles. The van der Waals surface area contributed by atoms with Crippen LogP contribution in [-0.4, -0.2) is 43.9 Å². The van der Waals surface area contributed by atoms with Crippen LogP contribution in [0, 0.1) is 19.7 Å². The summed E-state index contributed by atoms with van der Waals surface area (Å²) in [5, 5.41) is 2.94. The summed E-state index contributed by atoms with van der Waals surface area (Å²) in [6.45, 7) is 5.97. The predicted octanol–water partition coefficient (Wildman–Crippen LogP) is 4.08. The number of rotatable bonds is 4. The van der Waals surface area contributed by atoms with Gasteiger partial charge in [-0.3, -0.25) is 0 Å². The Hall–Kier alpha value is -2.29. The molecule has 0 atom stereocenters. The third kappa shape index (κ3) is 3.92. The van der Waals surface area contributed by atoms with Crippen LogP contribution in [0.5, 0.6) is 0 Å². The highest BCUT2D eigenvalue weighted by atomic mass is 32.2. The molecule has 1 saturated heterocycles. The lowest BCUT2D eigenvalue weighted by atomic mass is 10.0. The molecule has 152 valence electrons. The number of hydrogen-bond acceptors (Lipinski definition) is 5. The van der Waals surface area contributed by atoms with E-state index in [1.54, 1.807) is 11.3 Å². The van der Waals surface area contributed by atoms with E-state index in [2.05, 4.69) is 30.9 Å². The molecule has 0 N–H and O–H groups in total. The Morgan fingerprint density at radius 1 is 1.03 bits per heavy atom. The Morgan fingerprint density at radius 2 is 1.76 bits per heavy atom. The van der Waals surface area contributed by atoms with Crippen molar-refractivity contribution in [2.75, 3.05) is 31.1 Å². The van der Waals surface area contributed by atoms with Gasteiger partial charge in [0.25, 0.3) is 0 Å². The fourth-order valence-electron chi connectivity index (χ4n) is 3.46. The Kier molecular flexibility index (Phi) is 5.42. The molecule has 2 aromatic carbocycles. The topological polar surface area (TPSA) is 53.5 Å². The van der Waals surface area contributed by atoms with Crippen LogP contribution in [0.3, 0.4) is 0 Å². The average Bonchev–Trinajstić information content (AvgIpc) is 3.20. The van der Waals surface area contributed by atoms with E-state index in [-0.39, 0.29) is 4.90 Å².